The fourth-order valence-corrected chi connectivity index (χ4v) is 2.24. The van der Waals surface area contributed by atoms with Crippen LogP contribution in [-0.4, -0.2) is 42.8 Å². The fraction of sp³-hybridized carbons (Fsp3) is 0.833. The molecule has 22 heavy (non-hydrogen) atoms. The highest BCUT2D eigenvalue weighted by Gasteiger charge is 2.00. The molecule has 0 radical (unpaired) electrons. The van der Waals surface area contributed by atoms with Crippen molar-refractivity contribution >= 4 is 5.91 Å². The maximum Gasteiger partial charge on any atom is 0.244 e. The Morgan fingerprint density at radius 1 is 1.05 bits per heavy atom. The maximum atomic E-state index is 11.6. The average molecular weight is 312 g/mol. The number of amides is 1. The summed E-state index contributed by atoms with van der Waals surface area (Å²) in [5, 5.41) is 11.6. The van der Waals surface area contributed by atoms with Crippen molar-refractivity contribution < 1.29 is 9.90 Å². The summed E-state index contributed by atoms with van der Waals surface area (Å²) in [6.07, 6.45) is 15.2. The number of nitrogens with zero attached hydrogens (tertiary/aromatic N) is 1. The molecule has 0 saturated carbocycles. The van der Waals surface area contributed by atoms with Crippen LogP contribution in [0.15, 0.2) is 12.2 Å². The molecule has 0 aliphatic rings. The SMILES string of the molecule is CCCC/C=C/C(=O)NCN(C)CCCCCCCCCO. The summed E-state index contributed by atoms with van der Waals surface area (Å²) >= 11 is 0. The molecule has 0 aromatic heterocycles. The topological polar surface area (TPSA) is 52.6 Å². The molecule has 0 saturated heterocycles. The highest BCUT2D eigenvalue weighted by atomic mass is 16.2. The van der Waals surface area contributed by atoms with Crippen molar-refractivity contribution in [1.29, 1.82) is 0 Å². The van der Waals surface area contributed by atoms with Crippen molar-refractivity contribution in [2.45, 2.75) is 71.1 Å². The maximum absolute atomic E-state index is 11.6. The van der Waals surface area contributed by atoms with Gasteiger partial charge in [-0.15, -0.1) is 0 Å². The molecule has 2 N–H and O–H groups in total. The highest BCUT2D eigenvalue weighted by Crippen LogP contribution is 2.07. The molecular formula is C18H36N2O2. The Morgan fingerprint density at radius 3 is 2.32 bits per heavy atom. The molecule has 0 aromatic carbocycles. The minimum absolute atomic E-state index is 0.00633. The van der Waals surface area contributed by atoms with Gasteiger partial charge in [-0.3, -0.25) is 9.69 Å². The van der Waals surface area contributed by atoms with Gasteiger partial charge in [0.2, 0.25) is 5.91 Å². The number of hydrogen-bond acceptors (Lipinski definition) is 3. The first-order valence-corrected chi connectivity index (χ1v) is 8.94. The molecule has 0 bridgehead atoms. The molecule has 0 rings (SSSR count). The Morgan fingerprint density at radius 2 is 1.68 bits per heavy atom. The van der Waals surface area contributed by atoms with Gasteiger partial charge in [-0.1, -0.05) is 57.9 Å². The monoisotopic (exact) mass is 312 g/mol. The van der Waals surface area contributed by atoms with E-state index in [2.05, 4.69) is 17.1 Å². The molecule has 1 amide bonds. The van der Waals surface area contributed by atoms with E-state index in [4.69, 9.17) is 5.11 Å². The molecule has 0 spiro atoms. The summed E-state index contributed by atoms with van der Waals surface area (Å²) in [4.78, 5) is 13.7. The Kier molecular flexibility index (Phi) is 15.8. The van der Waals surface area contributed by atoms with Crippen LogP contribution in [0.4, 0.5) is 0 Å². The lowest BCUT2D eigenvalue weighted by molar-refractivity contribution is -0.117. The van der Waals surface area contributed by atoms with E-state index in [9.17, 15) is 4.79 Å². The largest absolute Gasteiger partial charge is 0.396 e. The number of unbranched alkanes of at least 4 members (excludes halogenated alkanes) is 8. The number of hydrogen-bond donors (Lipinski definition) is 2. The molecule has 0 fully saturated rings. The van der Waals surface area contributed by atoms with E-state index in [-0.39, 0.29) is 5.91 Å². The molecule has 4 heteroatoms. The van der Waals surface area contributed by atoms with Crippen molar-refractivity contribution in [2.75, 3.05) is 26.9 Å². The van der Waals surface area contributed by atoms with Crippen LogP contribution in [0.5, 0.6) is 0 Å². The van der Waals surface area contributed by atoms with Gasteiger partial charge in [0.25, 0.3) is 0 Å². The lowest BCUT2D eigenvalue weighted by Gasteiger charge is -2.16. The zero-order chi connectivity index (χ0) is 16.5. The van der Waals surface area contributed by atoms with Gasteiger partial charge in [-0.05, 0) is 38.9 Å². The molecule has 0 aliphatic heterocycles. The lowest BCUT2D eigenvalue weighted by Crippen LogP contribution is -2.34. The number of carbonyl (C=O) groups excluding carboxylic acids is 1. The minimum Gasteiger partial charge on any atom is -0.396 e. The van der Waals surface area contributed by atoms with E-state index >= 15 is 0 Å². The van der Waals surface area contributed by atoms with Crippen molar-refractivity contribution in [3.05, 3.63) is 12.2 Å². The molecule has 0 atom stereocenters. The first-order chi connectivity index (χ1) is 10.7. The van der Waals surface area contributed by atoms with Gasteiger partial charge in [0.05, 0.1) is 6.67 Å². The number of aliphatic hydroxyl groups excluding tert-OH is 1. The predicted molar refractivity (Wildman–Crippen MR) is 93.7 cm³/mol. The first-order valence-electron chi connectivity index (χ1n) is 8.94. The smallest absolute Gasteiger partial charge is 0.244 e. The number of carbonyl (C=O) groups is 1. The minimum atomic E-state index is 0.00633. The van der Waals surface area contributed by atoms with Gasteiger partial charge in [0, 0.05) is 6.61 Å². The standard InChI is InChI=1S/C18H36N2O2/c1-3-4-5-11-14-18(22)19-17-20(2)15-12-9-7-6-8-10-13-16-21/h11,14,21H,3-10,12-13,15-17H2,1-2H3,(H,19,22)/b14-11+. The molecule has 0 aromatic rings. The van der Waals surface area contributed by atoms with E-state index in [0.717, 1.165) is 38.6 Å². The van der Waals surface area contributed by atoms with Gasteiger partial charge in [-0.25, -0.2) is 0 Å². The van der Waals surface area contributed by atoms with Crippen molar-refractivity contribution in [3.63, 3.8) is 0 Å². The predicted octanol–water partition coefficient (Wildman–Crippen LogP) is 3.46. The van der Waals surface area contributed by atoms with Crippen LogP contribution in [0.3, 0.4) is 0 Å². The van der Waals surface area contributed by atoms with Gasteiger partial charge in [-0.2, -0.15) is 0 Å². The van der Waals surface area contributed by atoms with E-state index in [1.54, 1.807) is 6.08 Å². The average Bonchev–Trinajstić information content (AvgIpc) is 2.52. The number of allylic oxidation sites excluding steroid dienone is 1. The van der Waals surface area contributed by atoms with Gasteiger partial charge in [0.15, 0.2) is 0 Å². The van der Waals surface area contributed by atoms with Crippen LogP contribution in [0, 0.1) is 0 Å². The molecule has 0 heterocycles. The van der Waals surface area contributed by atoms with E-state index < -0.39 is 0 Å². The van der Waals surface area contributed by atoms with Crippen LogP contribution >= 0.6 is 0 Å². The first kappa shape index (κ1) is 21.1. The van der Waals surface area contributed by atoms with Crippen LogP contribution in [0.2, 0.25) is 0 Å². The molecule has 0 unspecified atom stereocenters. The quantitative estimate of drug-likeness (QED) is 0.277. The number of aliphatic hydroxyl groups is 1. The zero-order valence-electron chi connectivity index (χ0n) is 14.6. The molecular weight excluding hydrogens is 276 g/mol. The summed E-state index contributed by atoms with van der Waals surface area (Å²) in [6, 6.07) is 0. The summed E-state index contributed by atoms with van der Waals surface area (Å²) in [5.41, 5.74) is 0. The second-order valence-electron chi connectivity index (χ2n) is 6.02. The summed E-state index contributed by atoms with van der Waals surface area (Å²) in [6.45, 7) is 4.12. The van der Waals surface area contributed by atoms with Gasteiger partial charge >= 0.3 is 0 Å². The highest BCUT2D eigenvalue weighted by molar-refractivity contribution is 5.87. The normalized spacial score (nSPS) is 11.5. The van der Waals surface area contributed by atoms with Crippen molar-refractivity contribution in [1.82, 2.24) is 10.2 Å². The molecule has 130 valence electrons. The Bertz CT molecular complexity index is 280. The summed E-state index contributed by atoms with van der Waals surface area (Å²) < 4.78 is 0. The lowest BCUT2D eigenvalue weighted by atomic mass is 10.1. The van der Waals surface area contributed by atoms with Crippen LogP contribution in [-0.2, 0) is 4.79 Å². The van der Waals surface area contributed by atoms with Gasteiger partial charge in [0.1, 0.15) is 0 Å². The Hall–Kier alpha value is -0.870. The fourth-order valence-electron chi connectivity index (χ4n) is 2.24. The van der Waals surface area contributed by atoms with Crippen LogP contribution < -0.4 is 5.32 Å². The van der Waals surface area contributed by atoms with Crippen LogP contribution in [0.1, 0.15) is 71.1 Å². The Labute approximate surface area is 137 Å². The van der Waals surface area contributed by atoms with E-state index in [1.165, 1.54) is 32.1 Å². The molecule has 4 nitrogen and oxygen atoms in total. The molecule has 0 aliphatic carbocycles. The Balaban J connectivity index is 3.40. The van der Waals surface area contributed by atoms with Gasteiger partial charge < -0.3 is 10.4 Å². The summed E-state index contributed by atoms with van der Waals surface area (Å²) in [5.74, 6) is 0.00633. The number of nitrogens with one attached hydrogen (secondary N) is 1. The third-order valence-corrected chi connectivity index (χ3v) is 3.71. The second kappa shape index (κ2) is 16.5. The zero-order valence-corrected chi connectivity index (χ0v) is 14.6. The third-order valence-electron chi connectivity index (χ3n) is 3.71. The number of rotatable bonds is 15. The van der Waals surface area contributed by atoms with Crippen molar-refractivity contribution in [2.24, 2.45) is 0 Å². The van der Waals surface area contributed by atoms with Crippen LogP contribution in [0.25, 0.3) is 0 Å². The second-order valence-corrected chi connectivity index (χ2v) is 6.02. The van der Waals surface area contributed by atoms with Crippen molar-refractivity contribution in [3.8, 4) is 0 Å². The van der Waals surface area contributed by atoms with E-state index in [0.29, 0.717) is 13.3 Å². The third kappa shape index (κ3) is 15.5. The van der Waals surface area contributed by atoms with E-state index in [1.807, 2.05) is 13.1 Å². The summed E-state index contributed by atoms with van der Waals surface area (Å²) in [7, 11) is 2.04.